The largest absolute Gasteiger partial charge is 0.361 e. The Hall–Kier alpha value is -2.62. The van der Waals surface area contributed by atoms with Crippen LogP contribution >= 0.6 is 0 Å². The second kappa shape index (κ2) is 5.54. The maximum atomic E-state index is 13.5. The van der Waals surface area contributed by atoms with Crippen molar-refractivity contribution >= 4 is 17.1 Å². The molecule has 0 fully saturated rings. The third-order valence-electron chi connectivity index (χ3n) is 4.68. The lowest BCUT2D eigenvalue weighted by Crippen LogP contribution is -2.41. The molecular formula is C19H18FN3. The maximum absolute atomic E-state index is 13.5. The van der Waals surface area contributed by atoms with E-state index >= 15 is 0 Å². The van der Waals surface area contributed by atoms with E-state index in [0.29, 0.717) is 0 Å². The fourth-order valence-electron chi connectivity index (χ4n) is 3.51. The number of hydrogen-bond donors (Lipinski definition) is 2. The minimum Gasteiger partial charge on any atom is -0.361 e. The van der Waals surface area contributed by atoms with Crippen molar-refractivity contribution in [1.29, 1.82) is 0 Å². The van der Waals surface area contributed by atoms with Gasteiger partial charge < -0.3 is 10.4 Å². The summed E-state index contributed by atoms with van der Waals surface area (Å²) in [5.74, 6) is -0.216. The van der Waals surface area contributed by atoms with Crippen molar-refractivity contribution in [3.05, 3.63) is 71.7 Å². The highest BCUT2D eigenvalue weighted by Crippen LogP contribution is 2.37. The van der Waals surface area contributed by atoms with Gasteiger partial charge in [0.25, 0.3) is 0 Å². The monoisotopic (exact) mass is 307 g/mol. The Morgan fingerprint density at radius 2 is 2.00 bits per heavy atom. The van der Waals surface area contributed by atoms with Crippen LogP contribution in [0.3, 0.4) is 0 Å². The molecule has 1 unspecified atom stereocenters. The quantitative estimate of drug-likeness (QED) is 0.760. The third kappa shape index (κ3) is 2.50. The van der Waals surface area contributed by atoms with Crippen LogP contribution in [0.25, 0.3) is 10.9 Å². The van der Waals surface area contributed by atoms with Gasteiger partial charge >= 0.3 is 0 Å². The Balaban J connectivity index is 1.83. The van der Waals surface area contributed by atoms with E-state index < -0.39 is 0 Å². The topological polar surface area (TPSA) is 40.2 Å². The average molecular weight is 307 g/mol. The van der Waals surface area contributed by atoms with Crippen LogP contribution < -0.4 is 5.43 Å². The van der Waals surface area contributed by atoms with Crippen LogP contribution in [0.2, 0.25) is 0 Å². The van der Waals surface area contributed by atoms with E-state index in [1.807, 2.05) is 24.5 Å². The van der Waals surface area contributed by atoms with Crippen molar-refractivity contribution in [2.75, 3.05) is 6.54 Å². The normalized spacial score (nSPS) is 20.6. The van der Waals surface area contributed by atoms with Crippen molar-refractivity contribution in [2.45, 2.75) is 18.3 Å². The van der Waals surface area contributed by atoms with Crippen LogP contribution in [-0.4, -0.2) is 17.7 Å². The molecule has 0 saturated carbocycles. The van der Waals surface area contributed by atoms with Gasteiger partial charge in [-0.1, -0.05) is 30.3 Å². The summed E-state index contributed by atoms with van der Waals surface area (Å²) in [6, 6.07) is 15.4. The lowest BCUT2D eigenvalue weighted by Gasteiger charge is -2.35. The Kier molecular flexibility index (Phi) is 3.37. The highest BCUT2D eigenvalue weighted by Gasteiger charge is 2.35. The zero-order valence-corrected chi connectivity index (χ0v) is 12.7. The van der Waals surface area contributed by atoms with Crippen LogP contribution in [-0.2, 0) is 11.8 Å². The molecule has 3 nitrogen and oxygen atoms in total. The first-order valence-corrected chi connectivity index (χ1v) is 7.82. The Bertz CT molecular complexity index is 853. The second-order valence-corrected chi connectivity index (χ2v) is 6.19. The van der Waals surface area contributed by atoms with E-state index in [9.17, 15) is 4.39 Å². The molecule has 0 bridgehead atoms. The first-order valence-electron chi connectivity index (χ1n) is 7.82. The summed E-state index contributed by atoms with van der Waals surface area (Å²) in [7, 11) is 0. The van der Waals surface area contributed by atoms with Gasteiger partial charge in [0.1, 0.15) is 5.82 Å². The van der Waals surface area contributed by atoms with E-state index in [0.717, 1.165) is 30.3 Å². The smallest absolute Gasteiger partial charge is 0.125 e. The summed E-state index contributed by atoms with van der Waals surface area (Å²) in [6.45, 7) is 0.767. The van der Waals surface area contributed by atoms with Crippen LogP contribution in [0.1, 0.15) is 17.5 Å². The zero-order valence-electron chi connectivity index (χ0n) is 12.7. The molecule has 116 valence electrons. The molecule has 0 spiro atoms. The van der Waals surface area contributed by atoms with E-state index in [2.05, 4.69) is 39.8 Å². The second-order valence-electron chi connectivity index (χ2n) is 6.19. The van der Waals surface area contributed by atoms with Gasteiger partial charge in [0, 0.05) is 35.3 Å². The number of fused-ring (bicyclic) bond motifs is 1. The van der Waals surface area contributed by atoms with E-state index in [1.54, 1.807) is 6.07 Å². The molecule has 0 aliphatic carbocycles. The summed E-state index contributed by atoms with van der Waals surface area (Å²) in [4.78, 5) is 3.22. The van der Waals surface area contributed by atoms with Gasteiger partial charge in [-0.15, -0.1) is 0 Å². The summed E-state index contributed by atoms with van der Waals surface area (Å²) < 4.78 is 13.5. The molecule has 1 atom stereocenters. The van der Waals surface area contributed by atoms with E-state index in [1.165, 1.54) is 17.2 Å². The van der Waals surface area contributed by atoms with Crippen molar-refractivity contribution in [3.63, 3.8) is 0 Å². The van der Waals surface area contributed by atoms with Crippen molar-refractivity contribution in [1.82, 2.24) is 10.4 Å². The number of benzene rings is 2. The number of aromatic amines is 1. The van der Waals surface area contributed by atoms with Crippen LogP contribution in [0.4, 0.5) is 4.39 Å². The Labute approximate surface area is 134 Å². The number of nitrogens with one attached hydrogen (secondary N) is 2. The summed E-state index contributed by atoms with van der Waals surface area (Å²) in [5.41, 5.74) is 6.41. The molecule has 2 N–H and O–H groups in total. The number of nitrogens with zero attached hydrogens (tertiary/aromatic N) is 1. The molecular weight excluding hydrogens is 289 g/mol. The predicted molar refractivity (Wildman–Crippen MR) is 91.2 cm³/mol. The molecule has 0 amide bonds. The van der Waals surface area contributed by atoms with Gasteiger partial charge in [0.2, 0.25) is 0 Å². The first-order chi connectivity index (χ1) is 11.3. The van der Waals surface area contributed by atoms with Crippen molar-refractivity contribution in [2.24, 2.45) is 5.10 Å². The van der Waals surface area contributed by atoms with Gasteiger partial charge in [-0.05, 0) is 42.2 Å². The molecule has 2 heterocycles. The van der Waals surface area contributed by atoms with Gasteiger partial charge in [-0.3, -0.25) is 0 Å². The summed E-state index contributed by atoms with van der Waals surface area (Å²) in [5, 5.41) is 5.26. The number of halogens is 1. The molecule has 4 rings (SSSR count). The number of aromatic nitrogens is 1. The molecule has 0 radical (unpaired) electrons. The molecule has 2 aromatic carbocycles. The van der Waals surface area contributed by atoms with E-state index in [-0.39, 0.29) is 11.2 Å². The summed E-state index contributed by atoms with van der Waals surface area (Å²) >= 11 is 0. The number of H-pyrrole nitrogens is 1. The predicted octanol–water partition coefficient (Wildman–Crippen LogP) is 3.77. The van der Waals surface area contributed by atoms with Gasteiger partial charge in [-0.25, -0.2) is 4.39 Å². The average Bonchev–Trinajstić information content (AvgIpc) is 3.00. The maximum Gasteiger partial charge on any atom is 0.125 e. The summed E-state index contributed by atoms with van der Waals surface area (Å²) in [6.07, 6.45) is 5.74. The highest BCUT2D eigenvalue weighted by molar-refractivity contribution is 5.85. The van der Waals surface area contributed by atoms with Crippen LogP contribution in [0.15, 0.2) is 59.8 Å². The SMILES string of the molecule is Fc1ccc2c(C3(Cc4ccccc4)CC=NNC3)c[nH]c2c1. The zero-order chi connectivity index (χ0) is 15.7. The van der Waals surface area contributed by atoms with Crippen LogP contribution in [0, 0.1) is 5.82 Å². The number of hydrogen-bond acceptors (Lipinski definition) is 2. The molecule has 3 aromatic rings. The van der Waals surface area contributed by atoms with Crippen molar-refractivity contribution < 1.29 is 4.39 Å². The minimum atomic E-state index is -0.216. The molecule has 1 aromatic heterocycles. The molecule has 1 aliphatic rings. The first kappa shape index (κ1) is 14.0. The van der Waals surface area contributed by atoms with Crippen molar-refractivity contribution in [3.8, 4) is 0 Å². The van der Waals surface area contributed by atoms with E-state index in [4.69, 9.17) is 0 Å². The standard InChI is InChI=1S/C19H18FN3/c20-15-6-7-16-17(12-21-18(16)10-15)19(8-9-22-23-13-19)11-14-4-2-1-3-5-14/h1-7,9-10,12,21,23H,8,11,13H2. The number of rotatable bonds is 3. The lowest BCUT2D eigenvalue weighted by molar-refractivity contribution is 0.398. The highest BCUT2D eigenvalue weighted by atomic mass is 19.1. The third-order valence-corrected chi connectivity index (χ3v) is 4.68. The fourth-order valence-corrected chi connectivity index (χ4v) is 3.51. The molecule has 0 saturated heterocycles. The van der Waals surface area contributed by atoms with Crippen LogP contribution in [0.5, 0.6) is 0 Å². The van der Waals surface area contributed by atoms with Gasteiger partial charge in [-0.2, -0.15) is 5.10 Å². The minimum absolute atomic E-state index is 0.0841. The Morgan fingerprint density at radius 1 is 1.13 bits per heavy atom. The Morgan fingerprint density at radius 3 is 2.78 bits per heavy atom. The number of hydrazone groups is 1. The lowest BCUT2D eigenvalue weighted by atomic mass is 9.72. The fraction of sp³-hybridized carbons (Fsp3) is 0.211. The molecule has 1 aliphatic heterocycles. The molecule has 23 heavy (non-hydrogen) atoms. The van der Waals surface area contributed by atoms with Gasteiger partial charge in [0.05, 0.1) is 0 Å². The molecule has 4 heteroatoms. The van der Waals surface area contributed by atoms with Gasteiger partial charge in [0.15, 0.2) is 0 Å².